The summed E-state index contributed by atoms with van der Waals surface area (Å²) in [6, 6.07) is 0. The maximum absolute atomic E-state index is 12.2. The van der Waals surface area contributed by atoms with Crippen molar-refractivity contribution in [2.45, 2.75) is 32.2 Å². The molecule has 110 valence electrons. The van der Waals surface area contributed by atoms with Crippen molar-refractivity contribution in [3.8, 4) is 0 Å². The van der Waals surface area contributed by atoms with E-state index in [1.165, 1.54) is 0 Å². The molecule has 0 unspecified atom stereocenters. The Balaban J connectivity index is 2.73. The van der Waals surface area contributed by atoms with Gasteiger partial charge in [0, 0.05) is 19.6 Å². The summed E-state index contributed by atoms with van der Waals surface area (Å²) < 4.78 is 27.0. The summed E-state index contributed by atoms with van der Waals surface area (Å²) in [5.74, 6) is 0. The number of nitrogens with two attached hydrogens (primary N) is 1. The molecule has 0 spiro atoms. The number of H-pyrrole nitrogens is 1. The highest BCUT2D eigenvalue weighted by Gasteiger charge is 2.23. The first-order valence-electron chi connectivity index (χ1n) is 6.42. The summed E-state index contributed by atoms with van der Waals surface area (Å²) in [5, 5.41) is 6.55. The molecule has 0 aliphatic heterocycles. The zero-order chi connectivity index (χ0) is 14.5. The Kier molecular flexibility index (Phi) is 5.92. The van der Waals surface area contributed by atoms with E-state index < -0.39 is 10.0 Å². The van der Waals surface area contributed by atoms with Gasteiger partial charge in [-0.1, -0.05) is 13.8 Å². The molecular formula is C11H23N5O2S. The molecule has 0 amide bonds. The molecule has 0 atom stereocenters. The second-order valence-corrected chi connectivity index (χ2v) is 5.96. The van der Waals surface area contributed by atoms with Crippen LogP contribution in [0, 0.1) is 6.92 Å². The number of aromatic amines is 1. The van der Waals surface area contributed by atoms with Crippen molar-refractivity contribution in [3.05, 3.63) is 11.4 Å². The molecule has 0 saturated heterocycles. The number of nitrogens with zero attached hydrogens (tertiary/aromatic N) is 2. The minimum Gasteiger partial charge on any atom is -0.325 e. The van der Waals surface area contributed by atoms with E-state index in [2.05, 4.69) is 19.8 Å². The highest BCUT2D eigenvalue weighted by molar-refractivity contribution is 7.89. The highest BCUT2D eigenvalue weighted by atomic mass is 32.2. The van der Waals surface area contributed by atoms with Crippen LogP contribution in [0.15, 0.2) is 4.90 Å². The second kappa shape index (κ2) is 6.99. The van der Waals surface area contributed by atoms with Gasteiger partial charge in [-0.3, -0.25) is 5.10 Å². The molecule has 0 aromatic carbocycles. The largest absolute Gasteiger partial charge is 0.325 e. The fraction of sp³-hybridized carbons (Fsp3) is 0.727. The lowest BCUT2D eigenvalue weighted by molar-refractivity contribution is 0.309. The van der Waals surface area contributed by atoms with Gasteiger partial charge in [0.15, 0.2) is 0 Å². The van der Waals surface area contributed by atoms with Crippen LogP contribution in [0.4, 0.5) is 0 Å². The number of rotatable bonds is 8. The van der Waals surface area contributed by atoms with Crippen LogP contribution >= 0.6 is 0 Å². The van der Waals surface area contributed by atoms with Gasteiger partial charge < -0.3 is 10.6 Å². The third kappa shape index (κ3) is 4.00. The first kappa shape index (κ1) is 16.1. The quantitative estimate of drug-likeness (QED) is 0.614. The van der Waals surface area contributed by atoms with Gasteiger partial charge in [-0.25, -0.2) is 13.1 Å². The predicted octanol–water partition coefficient (Wildman–Crippen LogP) is -0.203. The number of likely N-dealkylation sites (N-methyl/N-ethyl adjacent to an activating group) is 1. The van der Waals surface area contributed by atoms with Crippen LogP contribution < -0.4 is 10.5 Å². The number of aromatic nitrogens is 2. The Bertz CT molecular complexity index is 493. The Labute approximate surface area is 114 Å². The molecule has 0 saturated carbocycles. The molecule has 0 radical (unpaired) electrons. The lowest BCUT2D eigenvalue weighted by Gasteiger charge is -2.18. The van der Waals surface area contributed by atoms with E-state index in [1.54, 1.807) is 6.92 Å². The SMILES string of the molecule is CCN(CC)CCNS(=O)(=O)c1c(CN)n[nH]c1C. The second-order valence-electron chi connectivity index (χ2n) is 4.25. The number of nitrogens with one attached hydrogen (secondary N) is 2. The summed E-state index contributed by atoms with van der Waals surface area (Å²) in [6.07, 6.45) is 0. The van der Waals surface area contributed by atoms with Crippen LogP contribution in [0.5, 0.6) is 0 Å². The average Bonchev–Trinajstić information content (AvgIpc) is 2.76. The normalized spacial score (nSPS) is 12.3. The molecule has 4 N–H and O–H groups in total. The summed E-state index contributed by atoms with van der Waals surface area (Å²) in [7, 11) is -3.55. The van der Waals surface area contributed by atoms with Crippen LogP contribution in [0.2, 0.25) is 0 Å². The molecule has 1 heterocycles. The smallest absolute Gasteiger partial charge is 0.244 e. The van der Waals surface area contributed by atoms with Crippen LogP contribution in [-0.2, 0) is 16.6 Å². The fourth-order valence-electron chi connectivity index (χ4n) is 1.91. The van der Waals surface area contributed by atoms with Gasteiger partial charge in [-0.2, -0.15) is 5.10 Å². The lowest BCUT2D eigenvalue weighted by Crippen LogP contribution is -2.35. The molecule has 1 aromatic heterocycles. The average molecular weight is 289 g/mol. The van der Waals surface area contributed by atoms with E-state index >= 15 is 0 Å². The molecular weight excluding hydrogens is 266 g/mol. The van der Waals surface area contributed by atoms with Crippen LogP contribution in [0.25, 0.3) is 0 Å². The Morgan fingerprint density at radius 3 is 2.53 bits per heavy atom. The van der Waals surface area contributed by atoms with Gasteiger partial charge in [-0.15, -0.1) is 0 Å². The summed E-state index contributed by atoms with van der Waals surface area (Å²) in [5.41, 5.74) is 6.38. The minimum absolute atomic E-state index is 0.0939. The van der Waals surface area contributed by atoms with E-state index in [1.807, 2.05) is 13.8 Å². The van der Waals surface area contributed by atoms with Gasteiger partial charge in [0.05, 0.1) is 11.4 Å². The van der Waals surface area contributed by atoms with E-state index in [4.69, 9.17) is 5.73 Å². The number of hydrogen-bond donors (Lipinski definition) is 3. The first-order valence-corrected chi connectivity index (χ1v) is 7.90. The fourth-order valence-corrected chi connectivity index (χ4v) is 3.31. The zero-order valence-corrected chi connectivity index (χ0v) is 12.5. The van der Waals surface area contributed by atoms with Gasteiger partial charge in [0.2, 0.25) is 10.0 Å². The molecule has 19 heavy (non-hydrogen) atoms. The molecule has 0 aliphatic rings. The van der Waals surface area contributed by atoms with Crippen molar-refractivity contribution in [2.24, 2.45) is 5.73 Å². The van der Waals surface area contributed by atoms with Crippen molar-refractivity contribution in [1.82, 2.24) is 19.8 Å². The monoisotopic (exact) mass is 289 g/mol. The number of sulfonamides is 1. The van der Waals surface area contributed by atoms with E-state index in [0.29, 0.717) is 24.5 Å². The van der Waals surface area contributed by atoms with Crippen molar-refractivity contribution in [2.75, 3.05) is 26.2 Å². The standard InChI is InChI=1S/C11H23N5O2S/c1-4-16(5-2)7-6-13-19(17,18)11-9(3)14-15-10(11)8-12/h13H,4-8,12H2,1-3H3,(H,14,15). The number of hydrogen-bond acceptors (Lipinski definition) is 5. The van der Waals surface area contributed by atoms with Crippen molar-refractivity contribution in [1.29, 1.82) is 0 Å². The molecule has 7 nitrogen and oxygen atoms in total. The van der Waals surface area contributed by atoms with Crippen LogP contribution in [0.3, 0.4) is 0 Å². The van der Waals surface area contributed by atoms with Crippen LogP contribution in [0.1, 0.15) is 25.2 Å². The summed E-state index contributed by atoms with van der Waals surface area (Å²) >= 11 is 0. The van der Waals surface area contributed by atoms with E-state index in [9.17, 15) is 8.42 Å². The van der Waals surface area contributed by atoms with Gasteiger partial charge in [0.25, 0.3) is 0 Å². The molecule has 0 fully saturated rings. The molecule has 8 heteroatoms. The highest BCUT2D eigenvalue weighted by Crippen LogP contribution is 2.16. The van der Waals surface area contributed by atoms with Gasteiger partial charge >= 0.3 is 0 Å². The molecule has 1 rings (SSSR count). The molecule has 0 bridgehead atoms. The topological polar surface area (TPSA) is 104 Å². The van der Waals surface area contributed by atoms with E-state index in [-0.39, 0.29) is 11.4 Å². The van der Waals surface area contributed by atoms with E-state index in [0.717, 1.165) is 13.1 Å². The minimum atomic E-state index is -3.55. The summed E-state index contributed by atoms with van der Waals surface area (Å²) in [6.45, 7) is 8.71. The third-order valence-electron chi connectivity index (χ3n) is 3.04. The Hall–Kier alpha value is -0.960. The van der Waals surface area contributed by atoms with Gasteiger partial charge in [-0.05, 0) is 20.0 Å². The van der Waals surface area contributed by atoms with Crippen molar-refractivity contribution < 1.29 is 8.42 Å². The maximum atomic E-state index is 12.2. The Morgan fingerprint density at radius 1 is 1.37 bits per heavy atom. The van der Waals surface area contributed by atoms with Crippen molar-refractivity contribution >= 4 is 10.0 Å². The Morgan fingerprint density at radius 2 is 2.00 bits per heavy atom. The molecule has 0 aliphatic carbocycles. The zero-order valence-electron chi connectivity index (χ0n) is 11.7. The van der Waals surface area contributed by atoms with Crippen LogP contribution in [-0.4, -0.2) is 49.7 Å². The lowest BCUT2D eigenvalue weighted by atomic mass is 10.4. The predicted molar refractivity (Wildman–Crippen MR) is 74.2 cm³/mol. The van der Waals surface area contributed by atoms with Gasteiger partial charge in [0.1, 0.15) is 4.90 Å². The first-order chi connectivity index (χ1) is 8.96. The number of aryl methyl sites for hydroxylation is 1. The third-order valence-corrected chi connectivity index (χ3v) is 4.70. The summed E-state index contributed by atoms with van der Waals surface area (Å²) in [4.78, 5) is 2.32. The molecule has 1 aromatic rings. The van der Waals surface area contributed by atoms with Crippen molar-refractivity contribution in [3.63, 3.8) is 0 Å². The maximum Gasteiger partial charge on any atom is 0.244 e.